The smallest absolute Gasteiger partial charge is 0.225 e. The molecule has 0 aromatic carbocycles. The molecule has 0 aliphatic carbocycles. The molecule has 0 saturated carbocycles. The van der Waals surface area contributed by atoms with Crippen LogP contribution in [-0.4, -0.2) is 41.6 Å². The van der Waals surface area contributed by atoms with E-state index in [2.05, 4.69) is 9.97 Å². The van der Waals surface area contributed by atoms with Crippen molar-refractivity contribution in [2.75, 3.05) is 30.5 Å². The molecular weight excluding hydrogens is 245 g/mol. The van der Waals surface area contributed by atoms with Crippen LogP contribution in [0.5, 0.6) is 0 Å². The number of aromatic nitrogens is 2. The summed E-state index contributed by atoms with van der Waals surface area (Å²) in [5.74, 6) is 0.706. The molecule has 1 aliphatic rings. The molecule has 0 N–H and O–H groups in total. The Bertz CT molecular complexity index is 341. The van der Waals surface area contributed by atoms with Crippen LogP contribution < -0.4 is 4.90 Å². The lowest BCUT2D eigenvalue weighted by molar-refractivity contribution is 0.0470. The van der Waals surface area contributed by atoms with Crippen molar-refractivity contribution in [2.45, 2.75) is 18.9 Å². The number of piperidine rings is 1. The van der Waals surface area contributed by atoms with Gasteiger partial charge < -0.3 is 9.64 Å². The minimum absolute atomic E-state index is 0.269. The van der Waals surface area contributed by atoms with Crippen molar-refractivity contribution in [3.63, 3.8) is 0 Å². The summed E-state index contributed by atoms with van der Waals surface area (Å²) in [6, 6.07) is 0. The maximum Gasteiger partial charge on any atom is 0.225 e. The largest absolute Gasteiger partial charge is 0.377 e. The standard InChI is InChI=1S/C11H15ClFN3O/c12-3-6-17-10-1-4-16(5-2-10)11-14-7-9(13)8-15-11/h7-8,10H,1-6H2. The van der Waals surface area contributed by atoms with Gasteiger partial charge in [-0.05, 0) is 12.8 Å². The summed E-state index contributed by atoms with van der Waals surface area (Å²) >= 11 is 5.57. The third-order valence-electron chi connectivity index (χ3n) is 2.76. The van der Waals surface area contributed by atoms with Crippen LogP contribution in [0.4, 0.5) is 10.3 Å². The lowest BCUT2D eigenvalue weighted by atomic mass is 10.1. The van der Waals surface area contributed by atoms with E-state index < -0.39 is 5.82 Å². The van der Waals surface area contributed by atoms with Crippen LogP contribution in [0.25, 0.3) is 0 Å². The van der Waals surface area contributed by atoms with Gasteiger partial charge in [-0.3, -0.25) is 0 Å². The lowest BCUT2D eigenvalue weighted by Crippen LogP contribution is -2.38. The van der Waals surface area contributed by atoms with Gasteiger partial charge in [0, 0.05) is 19.0 Å². The SMILES string of the molecule is Fc1cnc(N2CCC(OCCCl)CC2)nc1. The van der Waals surface area contributed by atoms with Crippen molar-refractivity contribution in [3.05, 3.63) is 18.2 Å². The van der Waals surface area contributed by atoms with E-state index in [1.807, 2.05) is 4.90 Å². The van der Waals surface area contributed by atoms with E-state index in [0.29, 0.717) is 18.4 Å². The molecule has 17 heavy (non-hydrogen) atoms. The average molecular weight is 260 g/mol. The first kappa shape index (κ1) is 12.5. The Hall–Kier alpha value is -0.940. The zero-order valence-corrected chi connectivity index (χ0v) is 10.2. The summed E-state index contributed by atoms with van der Waals surface area (Å²) in [5, 5.41) is 0. The maximum absolute atomic E-state index is 12.7. The predicted molar refractivity (Wildman–Crippen MR) is 63.9 cm³/mol. The molecule has 0 amide bonds. The van der Waals surface area contributed by atoms with E-state index in [1.165, 1.54) is 12.4 Å². The van der Waals surface area contributed by atoms with E-state index in [0.717, 1.165) is 25.9 Å². The Morgan fingerprint density at radius 1 is 1.35 bits per heavy atom. The monoisotopic (exact) mass is 259 g/mol. The summed E-state index contributed by atoms with van der Waals surface area (Å²) in [4.78, 5) is 9.98. The number of hydrogen-bond acceptors (Lipinski definition) is 4. The van der Waals surface area contributed by atoms with Crippen LogP contribution in [0.15, 0.2) is 12.4 Å². The van der Waals surface area contributed by atoms with Gasteiger partial charge in [-0.25, -0.2) is 14.4 Å². The van der Waals surface area contributed by atoms with Gasteiger partial charge in [0.15, 0.2) is 5.82 Å². The molecule has 6 heteroatoms. The number of anilines is 1. The average Bonchev–Trinajstić information content (AvgIpc) is 2.38. The van der Waals surface area contributed by atoms with Crippen molar-refractivity contribution >= 4 is 17.5 Å². The molecule has 2 heterocycles. The fourth-order valence-electron chi connectivity index (χ4n) is 1.90. The fourth-order valence-corrected chi connectivity index (χ4v) is 1.99. The Labute approximate surface area is 105 Å². The van der Waals surface area contributed by atoms with Crippen molar-refractivity contribution < 1.29 is 9.13 Å². The summed E-state index contributed by atoms with van der Waals surface area (Å²) < 4.78 is 18.3. The summed E-state index contributed by atoms with van der Waals surface area (Å²) in [5.41, 5.74) is 0. The van der Waals surface area contributed by atoms with Gasteiger partial charge in [0.25, 0.3) is 0 Å². The van der Waals surface area contributed by atoms with Crippen molar-refractivity contribution in [1.29, 1.82) is 0 Å². The zero-order valence-electron chi connectivity index (χ0n) is 9.48. The Kier molecular flexibility index (Phi) is 4.50. The van der Waals surface area contributed by atoms with E-state index in [1.54, 1.807) is 0 Å². The van der Waals surface area contributed by atoms with Crippen molar-refractivity contribution in [2.24, 2.45) is 0 Å². The molecule has 1 aromatic rings. The molecule has 0 radical (unpaired) electrons. The van der Waals surface area contributed by atoms with Gasteiger partial charge >= 0.3 is 0 Å². The highest BCUT2D eigenvalue weighted by Gasteiger charge is 2.21. The molecule has 1 fully saturated rings. The lowest BCUT2D eigenvalue weighted by Gasteiger charge is -2.31. The second-order valence-electron chi connectivity index (χ2n) is 3.95. The third-order valence-corrected chi connectivity index (χ3v) is 2.92. The number of ether oxygens (including phenoxy) is 1. The molecule has 2 rings (SSSR count). The third kappa shape index (κ3) is 3.51. The minimum atomic E-state index is -0.408. The molecule has 0 spiro atoms. The van der Waals surface area contributed by atoms with Gasteiger partial charge in [0.05, 0.1) is 25.1 Å². The molecule has 94 valence electrons. The minimum Gasteiger partial charge on any atom is -0.377 e. The number of hydrogen-bond donors (Lipinski definition) is 0. The number of rotatable bonds is 4. The van der Waals surface area contributed by atoms with E-state index in [4.69, 9.17) is 16.3 Å². The summed E-state index contributed by atoms with van der Waals surface area (Å²) in [6.07, 6.45) is 4.51. The molecule has 4 nitrogen and oxygen atoms in total. The number of nitrogens with zero attached hydrogens (tertiary/aromatic N) is 3. The van der Waals surface area contributed by atoms with Gasteiger partial charge in [-0.1, -0.05) is 0 Å². The Morgan fingerprint density at radius 2 is 2.00 bits per heavy atom. The van der Waals surface area contributed by atoms with Gasteiger partial charge in [-0.15, -0.1) is 11.6 Å². The van der Waals surface area contributed by atoms with Gasteiger partial charge in [0.2, 0.25) is 5.95 Å². The van der Waals surface area contributed by atoms with E-state index in [9.17, 15) is 4.39 Å². The molecule has 1 aromatic heterocycles. The van der Waals surface area contributed by atoms with Gasteiger partial charge in [0.1, 0.15) is 0 Å². The highest BCUT2D eigenvalue weighted by molar-refractivity contribution is 6.17. The van der Waals surface area contributed by atoms with Crippen molar-refractivity contribution in [3.8, 4) is 0 Å². The second kappa shape index (κ2) is 6.12. The fraction of sp³-hybridized carbons (Fsp3) is 0.636. The molecule has 0 unspecified atom stereocenters. The van der Waals surface area contributed by atoms with Crippen molar-refractivity contribution in [1.82, 2.24) is 9.97 Å². The van der Waals surface area contributed by atoms with Crippen LogP contribution in [0.3, 0.4) is 0 Å². The molecule has 0 bridgehead atoms. The molecule has 1 saturated heterocycles. The van der Waals surface area contributed by atoms with Crippen LogP contribution in [0, 0.1) is 5.82 Å². The topological polar surface area (TPSA) is 38.2 Å². The second-order valence-corrected chi connectivity index (χ2v) is 4.33. The highest BCUT2D eigenvalue weighted by Crippen LogP contribution is 2.17. The number of halogens is 2. The summed E-state index contributed by atoms with van der Waals surface area (Å²) in [7, 11) is 0. The Balaban J connectivity index is 1.84. The normalized spacial score (nSPS) is 17.4. The first-order valence-electron chi connectivity index (χ1n) is 5.69. The molecule has 1 aliphatic heterocycles. The van der Waals surface area contributed by atoms with E-state index in [-0.39, 0.29) is 6.10 Å². The van der Waals surface area contributed by atoms with Crippen LogP contribution in [0.1, 0.15) is 12.8 Å². The first-order valence-corrected chi connectivity index (χ1v) is 6.23. The maximum atomic E-state index is 12.7. The van der Waals surface area contributed by atoms with Crippen LogP contribution in [-0.2, 0) is 4.74 Å². The van der Waals surface area contributed by atoms with Gasteiger partial charge in [-0.2, -0.15) is 0 Å². The van der Waals surface area contributed by atoms with Crippen LogP contribution >= 0.6 is 11.6 Å². The predicted octanol–water partition coefficient (Wildman–Crippen LogP) is 1.84. The van der Waals surface area contributed by atoms with Crippen LogP contribution in [0.2, 0.25) is 0 Å². The Morgan fingerprint density at radius 3 is 2.59 bits per heavy atom. The summed E-state index contributed by atoms with van der Waals surface area (Å²) in [6.45, 7) is 2.26. The number of alkyl halides is 1. The molecule has 0 atom stereocenters. The zero-order chi connectivity index (χ0) is 12.1. The molecular formula is C11H15ClFN3O. The van der Waals surface area contributed by atoms with E-state index >= 15 is 0 Å². The highest BCUT2D eigenvalue weighted by atomic mass is 35.5. The quantitative estimate of drug-likeness (QED) is 0.774. The first-order chi connectivity index (χ1) is 8.29.